The van der Waals surface area contributed by atoms with Gasteiger partial charge in [0, 0.05) is 36.9 Å². The van der Waals surface area contributed by atoms with Crippen molar-refractivity contribution in [3.8, 4) is 11.4 Å². The van der Waals surface area contributed by atoms with Crippen LogP contribution in [0, 0.1) is 0 Å². The van der Waals surface area contributed by atoms with E-state index in [1.54, 1.807) is 10.6 Å². The van der Waals surface area contributed by atoms with Crippen LogP contribution >= 0.6 is 0 Å². The Hall–Kier alpha value is -3.31. The molecule has 0 N–H and O–H groups in total. The number of hydrogen-bond donors (Lipinski definition) is 0. The molecule has 32 heavy (non-hydrogen) atoms. The molecule has 1 unspecified atom stereocenters. The third kappa shape index (κ3) is 3.16. The summed E-state index contributed by atoms with van der Waals surface area (Å²) in [6, 6.07) is 20.4. The average Bonchev–Trinajstić information content (AvgIpc) is 3.41. The summed E-state index contributed by atoms with van der Waals surface area (Å²) in [7, 11) is 2.18. The van der Waals surface area contributed by atoms with E-state index in [1.165, 1.54) is 41.5 Å². The van der Waals surface area contributed by atoms with Crippen molar-refractivity contribution in [2.45, 2.75) is 31.9 Å². The van der Waals surface area contributed by atoms with Crippen LogP contribution in [-0.4, -0.2) is 27.1 Å². The van der Waals surface area contributed by atoms with Gasteiger partial charge < -0.3 is 9.30 Å². The average molecular weight is 426 g/mol. The molecule has 0 bridgehead atoms. The van der Waals surface area contributed by atoms with Crippen LogP contribution in [0.4, 0.5) is 0 Å². The predicted octanol–water partition coefficient (Wildman–Crippen LogP) is 4.60. The second kappa shape index (κ2) is 7.68. The Morgan fingerprint density at radius 1 is 1.03 bits per heavy atom. The van der Waals surface area contributed by atoms with Crippen molar-refractivity contribution in [1.29, 1.82) is 0 Å². The highest BCUT2D eigenvalue weighted by Gasteiger charge is 2.34. The topological polar surface area (TPSA) is 39.4 Å². The van der Waals surface area contributed by atoms with Crippen molar-refractivity contribution < 1.29 is 4.74 Å². The summed E-state index contributed by atoms with van der Waals surface area (Å²) in [6.45, 7) is 2.82. The van der Waals surface area contributed by atoms with E-state index in [0.29, 0.717) is 18.4 Å². The van der Waals surface area contributed by atoms with Gasteiger partial charge in [0.25, 0.3) is 5.56 Å². The molecular weight excluding hydrogens is 398 g/mol. The highest BCUT2D eigenvalue weighted by Crippen LogP contribution is 2.41. The molecule has 6 rings (SSSR count). The molecule has 4 aromatic rings. The smallest absolute Gasteiger partial charge is 0.258 e. The molecule has 5 nitrogen and oxygen atoms in total. The zero-order chi connectivity index (χ0) is 21.7. The first-order valence-electron chi connectivity index (χ1n) is 11.4. The van der Waals surface area contributed by atoms with Crippen LogP contribution in [0.2, 0.25) is 0 Å². The molecule has 0 radical (unpaired) electrons. The number of pyridine rings is 1. The van der Waals surface area contributed by atoms with Gasteiger partial charge >= 0.3 is 0 Å². The SMILES string of the molecule is Cn1c2c(c3ccc(-n4ccc(OCc5ccccc5)cc4=O)cc31)CCN1CCCC21. The van der Waals surface area contributed by atoms with Crippen LogP contribution in [-0.2, 0) is 20.1 Å². The summed E-state index contributed by atoms with van der Waals surface area (Å²) in [5.41, 5.74) is 6.05. The fraction of sp³-hybridized carbons (Fsp3) is 0.296. The van der Waals surface area contributed by atoms with Crippen LogP contribution in [0.25, 0.3) is 16.6 Å². The lowest BCUT2D eigenvalue weighted by Gasteiger charge is -2.30. The van der Waals surface area contributed by atoms with Gasteiger partial charge in [0.05, 0.1) is 17.2 Å². The molecule has 0 spiro atoms. The van der Waals surface area contributed by atoms with Gasteiger partial charge in [-0.05, 0) is 55.1 Å². The summed E-state index contributed by atoms with van der Waals surface area (Å²) >= 11 is 0. The minimum absolute atomic E-state index is 0.0872. The first kappa shape index (κ1) is 19.4. The Labute approximate surface area is 187 Å². The van der Waals surface area contributed by atoms with Crippen LogP contribution in [0.1, 0.15) is 35.7 Å². The standard InChI is InChI=1S/C27H27N3O2/c1-28-25-16-20(9-10-22(25)23-12-14-29-13-5-8-24(29)27(23)28)30-15-11-21(17-26(30)31)32-18-19-6-3-2-4-7-19/h2-4,6-7,9-11,15-17,24H,5,8,12-14,18H2,1H3. The maximum atomic E-state index is 12.9. The third-order valence-corrected chi connectivity index (χ3v) is 7.08. The Morgan fingerprint density at radius 2 is 1.91 bits per heavy atom. The zero-order valence-electron chi connectivity index (χ0n) is 18.3. The van der Waals surface area contributed by atoms with E-state index in [-0.39, 0.29) is 5.56 Å². The minimum Gasteiger partial charge on any atom is -0.489 e. The van der Waals surface area contributed by atoms with Gasteiger partial charge in [-0.2, -0.15) is 0 Å². The summed E-state index contributed by atoms with van der Waals surface area (Å²) in [5.74, 6) is 0.590. The summed E-state index contributed by atoms with van der Waals surface area (Å²) in [6.07, 6.45) is 5.44. The van der Waals surface area contributed by atoms with Crippen LogP contribution < -0.4 is 10.3 Å². The number of benzene rings is 2. The van der Waals surface area contributed by atoms with Crippen molar-refractivity contribution in [2.75, 3.05) is 13.1 Å². The molecule has 2 aliphatic rings. The molecule has 162 valence electrons. The van der Waals surface area contributed by atoms with E-state index in [4.69, 9.17) is 4.74 Å². The van der Waals surface area contributed by atoms with Crippen molar-refractivity contribution in [2.24, 2.45) is 7.05 Å². The molecule has 4 heterocycles. The monoisotopic (exact) mass is 425 g/mol. The Bertz CT molecular complexity index is 1350. The number of hydrogen-bond acceptors (Lipinski definition) is 3. The van der Waals surface area contributed by atoms with Gasteiger partial charge in [0.1, 0.15) is 12.4 Å². The fourth-order valence-corrected chi connectivity index (χ4v) is 5.52. The van der Waals surface area contributed by atoms with E-state index < -0.39 is 0 Å². The van der Waals surface area contributed by atoms with E-state index in [0.717, 1.165) is 24.2 Å². The van der Waals surface area contributed by atoms with Crippen molar-refractivity contribution >= 4 is 10.9 Å². The molecule has 1 fully saturated rings. The van der Waals surface area contributed by atoms with Gasteiger partial charge in [-0.3, -0.25) is 14.3 Å². The van der Waals surface area contributed by atoms with Gasteiger partial charge in [-0.15, -0.1) is 0 Å². The zero-order valence-corrected chi connectivity index (χ0v) is 18.3. The van der Waals surface area contributed by atoms with Crippen LogP contribution in [0.15, 0.2) is 71.7 Å². The number of fused-ring (bicyclic) bond motifs is 5. The molecule has 0 aliphatic carbocycles. The largest absolute Gasteiger partial charge is 0.489 e. The van der Waals surface area contributed by atoms with E-state index >= 15 is 0 Å². The number of aryl methyl sites for hydroxylation is 1. The summed E-state index contributed by atoms with van der Waals surface area (Å²) in [4.78, 5) is 15.5. The number of rotatable bonds is 4. The lowest BCUT2D eigenvalue weighted by atomic mass is 9.97. The number of ether oxygens (including phenoxy) is 1. The molecule has 2 aliphatic heterocycles. The van der Waals surface area contributed by atoms with E-state index in [1.807, 2.05) is 42.6 Å². The van der Waals surface area contributed by atoms with Crippen molar-refractivity contribution in [3.63, 3.8) is 0 Å². The lowest BCUT2D eigenvalue weighted by molar-refractivity contribution is 0.236. The Kier molecular flexibility index (Phi) is 4.65. The van der Waals surface area contributed by atoms with Gasteiger partial charge in [0.15, 0.2) is 0 Å². The van der Waals surface area contributed by atoms with Gasteiger partial charge in [-0.25, -0.2) is 0 Å². The van der Waals surface area contributed by atoms with Crippen molar-refractivity contribution in [1.82, 2.24) is 14.0 Å². The Balaban J connectivity index is 1.32. The number of nitrogens with zero attached hydrogens (tertiary/aromatic N) is 3. The molecular formula is C27H27N3O2. The highest BCUT2D eigenvalue weighted by atomic mass is 16.5. The molecule has 0 saturated carbocycles. The predicted molar refractivity (Wildman–Crippen MR) is 127 cm³/mol. The molecule has 2 aromatic carbocycles. The molecule has 2 aromatic heterocycles. The lowest BCUT2D eigenvalue weighted by Crippen LogP contribution is -2.31. The summed E-state index contributed by atoms with van der Waals surface area (Å²) < 4.78 is 9.88. The van der Waals surface area contributed by atoms with E-state index in [2.05, 4.69) is 34.7 Å². The maximum Gasteiger partial charge on any atom is 0.258 e. The maximum absolute atomic E-state index is 12.9. The first-order valence-corrected chi connectivity index (χ1v) is 11.4. The minimum atomic E-state index is -0.0872. The molecule has 5 heteroatoms. The Morgan fingerprint density at radius 3 is 2.75 bits per heavy atom. The van der Waals surface area contributed by atoms with E-state index in [9.17, 15) is 4.79 Å². The molecule has 0 amide bonds. The van der Waals surface area contributed by atoms with Crippen LogP contribution in [0.3, 0.4) is 0 Å². The number of aromatic nitrogens is 2. The molecule has 1 atom stereocenters. The first-order chi connectivity index (χ1) is 15.7. The second-order valence-electron chi connectivity index (χ2n) is 8.91. The molecule has 1 saturated heterocycles. The van der Waals surface area contributed by atoms with Crippen molar-refractivity contribution in [3.05, 3.63) is 94.0 Å². The van der Waals surface area contributed by atoms with Crippen LogP contribution in [0.5, 0.6) is 5.75 Å². The summed E-state index contributed by atoms with van der Waals surface area (Å²) in [5, 5.41) is 1.33. The normalized spacial score (nSPS) is 18.0. The third-order valence-electron chi connectivity index (χ3n) is 7.08. The quantitative estimate of drug-likeness (QED) is 0.480. The second-order valence-corrected chi connectivity index (χ2v) is 8.91. The van der Waals surface area contributed by atoms with Gasteiger partial charge in [-0.1, -0.05) is 36.4 Å². The van der Waals surface area contributed by atoms with Gasteiger partial charge in [0.2, 0.25) is 0 Å². The fourth-order valence-electron chi connectivity index (χ4n) is 5.52. The highest BCUT2D eigenvalue weighted by molar-refractivity contribution is 5.87.